The van der Waals surface area contributed by atoms with Crippen molar-refractivity contribution in [2.45, 2.75) is 4.90 Å². The van der Waals surface area contributed by atoms with Gasteiger partial charge in [-0.05, 0) is 29.4 Å². The second kappa shape index (κ2) is 5.74. The van der Waals surface area contributed by atoms with Crippen LogP contribution in [-0.2, 0) is 0 Å². The molecule has 0 fully saturated rings. The van der Waals surface area contributed by atoms with Gasteiger partial charge in [-0.1, -0.05) is 11.8 Å². The summed E-state index contributed by atoms with van der Waals surface area (Å²) in [6.45, 7) is 0.284. The van der Waals surface area contributed by atoms with Crippen LogP contribution in [0.3, 0.4) is 0 Å². The zero-order valence-corrected chi connectivity index (χ0v) is 11.2. The number of nitroso groups, excluding NO2 is 1. The molecular formula is C14H12N2O2S. The Bertz CT molecular complexity index is 702. The molecule has 0 aliphatic heterocycles. The first-order valence-electron chi connectivity index (χ1n) is 5.57. The standard InChI is InChI=1S/C14H12N2O2S/c1-18-12-8-13(19)14(16-17)11-7-9(3-2-6-15)4-5-10(11)12/h4-5,7-8,19H,6,15H2,1H3. The van der Waals surface area contributed by atoms with Gasteiger partial charge in [0.2, 0.25) is 0 Å². The van der Waals surface area contributed by atoms with Crippen molar-refractivity contribution >= 4 is 29.1 Å². The van der Waals surface area contributed by atoms with E-state index in [1.165, 1.54) is 0 Å². The number of fused-ring (bicyclic) bond motifs is 1. The molecule has 2 aromatic rings. The molecule has 0 saturated carbocycles. The molecule has 19 heavy (non-hydrogen) atoms. The molecule has 2 N–H and O–H groups in total. The number of rotatable bonds is 2. The van der Waals surface area contributed by atoms with Gasteiger partial charge in [-0.2, -0.15) is 0 Å². The maximum absolute atomic E-state index is 11.0. The van der Waals surface area contributed by atoms with Crippen LogP contribution in [0, 0.1) is 16.7 Å². The summed E-state index contributed by atoms with van der Waals surface area (Å²) in [6.07, 6.45) is 0. The minimum absolute atomic E-state index is 0.284. The summed E-state index contributed by atoms with van der Waals surface area (Å²) in [5.41, 5.74) is 6.40. The van der Waals surface area contributed by atoms with Crippen molar-refractivity contribution in [3.63, 3.8) is 0 Å². The van der Waals surface area contributed by atoms with Gasteiger partial charge in [0.1, 0.15) is 11.4 Å². The summed E-state index contributed by atoms with van der Waals surface area (Å²) < 4.78 is 5.28. The third kappa shape index (κ3) is 2.55. The molecule has 0 unspecified atom stereocenters. The molecule has 0 aromatic heterocycles. The van der Waals surface area contributed by atoms with Gasteiger partial charge in [-0.3, -0.25) is 0 Å². The summed E-state index contributed by atoms with van der Waals surface area (Å²) in [5.74, 6) is 6.33. The minimum atomic E-state index is 0.284. The third-order valence-electron chi connectivity index (χ3n) is 2.70. The number of ether oxygens (including phenoxy) is 1. The molecule has 0 radical (unpaired) electrons. The second-order valence-corrected chi connectivity index (χ2v) is 4.29. The number of hydrogen-bond acceptors (Lipinski definition) is 5. The van der Waals surface area contributed by atoms with E-state index >= 15 is 0 Å². The molecule has 0 aliphatic carbocycles. The van der Waals surface area contributed by atoms with E-state index in [0.717, 1.165) is 10.9 Å². The Hall–Kier alpha value is -2.03. The quantitative estimate of drug-likeness (QED) is 0.502. The fraction of sp³-hybridized carbons (Fsp3) is 0.143. The van der Waals surface area contributed by atoms with Crippen LogP contribution in [0.4, 0.5) is 5.69 Å². The van der Waals surface area contributed by atoms with Crippen molar-refractivity contribution in [1.29, 1.82) is 0 Å². The first-order chi connectivity index (χ1) is 9.21. The summed E-state index contributed by atoms with van der Waals surface area (Å²) in [5, 5.41) is 4.51. The van der Waals surface area contributed by atoms with E-state index < -0.39 is 0 Å². The van der Waals surface area contributed by atoms with Crippen LogP contribution >= 0.6 is 12.6 Å². The van der Waals surface area contributed by atoms with Gasteiger partial charge in [0.25, 0.3) is 0 Å². The predicted octanol–water partition coefficient (Wildman–Crippen LogP) is 2.85. The van der Waals surface area contributed by atoms with Crippen molar-refractivity contribution in [3.8, 4) is 17.6 Å². The largest absolute Gasteiger partial charge is 0.496 e. The molecule has 0 amide bonds. The summed E-state index contributed by atoms with van der Waals surface area (Å²) in [4.78, 5) is 11.4. The molecule has 4 nitrogen and oxygen atoms in total. The average Bonchev–Trinajstić information content (AvgIpc) is 2.44. The third-order valence-corrected chi connectivity index (χ3v) is 3.04. The Morgan fingerprint density at radius 3 is 2.79 bits per heavy atom. The smallest absolute Gasteiger partial charge is 0.129 e. The Morgan fingerprint density at radius 2 is 2.16 bits per heavy atom. The summed E-state index contributed by atoms with van der Waals surface area (Å²) in [7, 11) is 1.57. The van der Waals surface area contributed by atoms with Crippen LogP contribution in [0.2, 0.25) is 0 Å². The monoisotopic (exact) mass is 272 g/mol. The molecule has 2 rings (SSSR count). The lowest BCUT2D eigenvalue weighted by Gasteiger charge is -2.09. The maximum Gasteiger partial charge on any atom is 0.129 e. The zero-order chi connectivity index (χ0) is 13.8. The van der Waals surface area contributed by atoms with E-state index in [0.29, 0.717) is 16.0 Å². The number of nitrogens with two attached hydrogens (primary N) is 1. The Labute approximate surface area is 116 Å². The topological polar surface area (TPSA) is 64.7 Å². The van der Waals surface area contributed by atoms with Crippen LogP contribution in [-0.4, -0.2) is 13.7 Å². The fourth-order valence-corrected chi connectivity index (χ4v) is 2.14. The lowest BCUT2D eigenvalue weighted by molar-refractivity contribution is 0.419. The van der Waals surface area contributed by atoms with Gasteiger partial charge in [-0.25, -0.2) is 0 Å². The highest BCUT2D eigenvalue weighted by atomic mass is 32.1. The molecular weight excluding hydrogens is 260 g/mol. The molecule has 0 heterocycles. The highest BCUT2D eigenvalue weighted by Gasteiger charge is 2.11. The first-order valence-corrected chi connectivity index (χ1v) is 6.02. The Kier molecular flexibility index (Phi) is 4.05. The van der Waals surface area contributed by atoms with E-state index in [2.05, 4.69) is 29.6 Å². The molecule has 0 bridgehead atoms. The van der Waals surface area contributed by atoms with Gasteiger partial charge < -0.3 is 10.5 Å². The van der Waals surface area contributed by atoms with Gasteiger partial charge in [0.05, 0.1) is 13.7 Å². The molecule has 0 aliphatic rings. The molecule has 0 atom stereocenters. The molecule has 2 aromatic carbocycles. The lowest BCUT2D eigenvalue weighted by atomic mass is 10.0. The van der Waals surface area contributed by atoms with Crippen molar-refractivity contribution in [2.24, 2.45) is 10.9 Å². The van der Waals surface area contributed by atoms with Gasteiger partial charge in [-0.15, -0.1) is 17.5 Å². The van der Waals surface area contributed by atoms with E-state index in [1.807, 2.05) is 12.1 Å². The number of hydrogen-bond donors (Lipinski definition) is 2. The molecule has 96 valence electrons. The number of nitrogens with zero attached hydrogens (tertiary/aromatic N) is 1. The van der Waals surface area contributed by atoms with E-state index in [9.17, 15) is 4.91 Å². The Balaban J connectivity index is 2.78. The number of benzene rings is 2. The lowest BCUT2D eigenvalue weighted by Crippen LogP contribution is -1.93. The molecule has 5 heteroatoms. The zero-order valence-electron chi connectivity index (χ0n) is 10.3. The average molecular weight is 272 g/mol. The van der Waals surface area contributed by atoms with Crippen LogP contribution in [0.5, 0.6) is 5.75 Å². The Morgan fingerprint density at radius 1 is 1.37 bits per heavy atom. The van der Waals surface area contributed by atoms with E-state index in [1.54, 1.807) is 19.2 Å². The van der Waals surface area contributed by atoms with Gasteiger partial charge in [0.15, 0.2) is 0 Å². The molecule has 0 spiro atoms. The van der Waals surface area contributed by atoms with E-state index in [-0.39, 0.29) is 12.2 Å². The number of methoxy groups -OCH3 is 1. The predicted molar refractivity (Wildman–Crippen MR) is 79.1 cm³/mol. The van der Waals surface area contributed by atoms with Gasteiger partial charge in [0, 0.05) is 21.2 Å². The molecule has 0 saturated heterocycles. The van der Waals surface area contributed by atoms with Crippen molar-refractivity contribution < 1.29 is 4.74 Å². The minimum Gasteiger partial charge on any atom is -0.496 e. The fourth-order valence-electron chi connectivity index (χ4n) is 1.86. The summed E-state index contributed by atoms with van der Waals surface area (Å²) in [6, 6.07) is 7.15. The second-order valence-electron chi connectivity index (χ2n) is 3.80. The van der Waals surface area contributed by atoms with Crippen LogP contribution < -0.4 is 10.5 Å². The van der Waals surface area contributed by atoms with Crippen molar-refractivity contribution in [1.82, 2.24) is 0 Å². The van der Waals surface area contributed by atoms with Crippen LogP contribution in [0.15, 0.2) is 34.3 Å². The van der Waals surface area contributed by atoms with Crippen LogP contribution in [0.1, 0.15) is 5.56 Å². The normalized spacial score (nSPS) is 9.84. The summed E-state index contributed by atoms with van der Waals surface area (Å²) >= 11 is 4.25. The maximum atomic E-state index is 11.0. The number of thiol groups is 1. The van der Waals surface area contributed by atoms with Crippen LogP contribution in [0.25, 0.3) is 10.8 Å². The van der Waals surface area contributed by atoms with Crippen molar-refractivity contribution in [2.75, 3.05) is 13.7 Å². The van der Waals surface area contributed by atoms with E-state index in [4.69, 9.17) is 10.5 Å². The first kappa shape index (κ1) is 13.4. The van der Waals surface area contributed by atoms with Crippen molar-refractivity contribution in [3.05, 3.63) is 34.7 Å². The SMILES string of the molecule is COc1cc(S)c(N=O)c2cc(C#CCN)ccc12. The van der Waals surface area contributed by atoms with Gasteiger partial charge >= 0.3 is 0 Å². The highest BCUT2D eigenvalue weighted by Crippen LogP contribution is 2.38. The highest BCUT2D eigenvalue weighted by molar-refractivity contribution is 7.80.